The van der Waals surface area contributed by atoms with Gasteiger partial charge in [-0.15, -0.1) is 11.3 Å². The van der Waals surface area contributed by atoms with E-state index >= 15 is 0 Å². The number of thiazole rings is 1. The number of carbonyl (C=O) groups is 1. The molecule has 0 aliphatic carbocycles. The molecular formula is C16H16N4O4S2. The summed E-state index contributed by atoms with van der Waals surface area (Å²) in [6.45, 7) is 1.72. The van der Waals surface area contributed by atoms with Crippen molar-refractivity contribution in [2.45, 2.75) is 11.8 Å². The molecule has 0 saturated heterocycles. The number of nitrogens with zero attached hydrogens (tertiary/aromatic N) is 3. The molecule has 8 nitrogen and oxygen atoms in total. The topological polar surface area (TPSA) is 103 Å². The van der Waals surface area contributed by atoms with Crippen LogP contribution >= 0.6 is 11.3 Å². The zero-order valence-electron chi connectivity index (χ0n) is 14.3. The van der Waals surface area contributed by atoms with Gasteiger partial charge in [0.05, 0.1) is 18.2 Å². The number of aromatic nitrogens is 3. The molecule has 136 valence electrons. The largest absolute Gasteiger partial charge is 0.496 e. The molecular weight excluding hydrogens is 376 g/mol. The second-order valence-corrected chi connectivity index (χ2v) is 8.05. The summed E-state index contributed by atoms with van der Waals surface area (Å²) < 4.78 is 33.6. The van der Waals surface area contributed by atoms with Crippen molar-refractivity contribution >= 4 is 27.3 Å². The maximum absolute atomic E-state index is 12.4. The van der Waals surface area contributed by atoms with Gasteiger partial charge in [0.2, 0.25) is 0 Å². The smallest absolute Gasteiger partial charge is 0.284 e. The van der Waals surface area contributed by atoms with Gasteiger partial charge in [0.25, 0.3) is 15.9 Å². The Hall–Kier alpha value is -2.72. The summed E-state index contributed by atoms with van der Waals surface area (Å²) in [4.78, 5) is 16.5. The minimum absolute atomic E-state index is 0.0214. The number of rotatable bonds is 5. The number of carbonyl (C=O) groups excluding carboxylic acids is 1. The van der Waals surface area contributed by atoms with Crippen molar-refractivity contribution in [3.05, 3.63) is 47.2 Å². The van der Waals surface area contributed by atoms with Crippen molar-refractivity contribution in [2.24, 2.45) is 7.05 Å². The number of nitrogens with one attached hydrogen (secondary N) is 1. The Balaban J connectivity index is 1.81. The van der Waals surface area contributed by atoms with Gasteiger partial charge in [-0.25, -0.2) is 18.1 Å². The maximum Gasteiger partial charge on any atom is 0.284 e. The van der Waals surface area contributed by atoms with Gasteiger partial charge in [0, 0.05) is 24.2 Å². The Morgan fingerprint density at radius 2 is 2.12 bits per heavy atom. The normalized spacial score (nSPS) is 11.3. The number of sulfonamides is 1. The Bertz CT molecular complexity index is 1070. The van der Waals surface area contributed by atoms with Crippen LogP contribution in [0.2, 0.25) is 0 Å². The van der Waals surface area contributed by atoms with E-state index in [0.29, 0.717) is 16.3 Å². The van der Waals surface area contributed by atoms with Crippen molar-refractivity contribution in [1.82, 2.24) is 19.5 Å². The number of ether oxygens (including phenoxy) is 1. The van der Waals surface area contributed by atoms with Gasteiger partial charge >= 0.3 is 0 Å². The molecule has 0 spiro atoms. The third kappa shape index (κ3) is 3.60. The molecule has 0 fully saturated rings. The number of hydrogen-bond acceptors (Lipinski definition) is 7. The van der Waals surface area contributed by atoms with Crippen LogP contribution in [0.1, 0.15) is 16.1 Å². The molecule has 0 aliphatic rings. The number of aryl methyl sites for hydroxylation is 2. The third-order valence-electron chi connectivity index (χ3n) is 3.59. The van der Waals surface area contributed by atoms with Gasteiger partial charge < -0.3 is 4.74 Å². The van der Waals surface area contributed by atoms with Crippen molar-refractivity contribution in [1.29, 1.82) is 0 Å². The SMILES string of the molecule is COc1ccc(S(=O)(=O)NC(=O)c2csc(-c3cnn(C)c3)n2)cc1C. The van der Waals surface area contributed by atoms with E-state index in [1.807, 2.05) is 4.72 Å². The Morgan fingerprint density at radius 1 is 1.35 bits per heavy atom. The summed E-state index contributed by atoms with van der Waals surface area (Å²) in [7, 11) is -0.741. The van der Waals surface area contributed by atoms with E-state index in [1.165, 1.54) is 42.0 Å². The molecule has 1 amide bonds. The standard InChI is InChI=1S/C16H16N4O4S2/c1-10-6-12(4-5-14(10)24-3)26(22,23)19-15(21)13-9-25-16(18-13)11-7-17-20(2)8-11/h4-9H,1-3H3,(H,19,21). The van der Waals surface area contributed by atoms with Crippen LogP contribution in [0.4, 0.5) is 0 Å². The molecule has 0 unspecified atom stereocenters. The van der Waals surface area contributed by atoms with Gasteiger partial charge in [-0.1, -0.05) is 0 Å². The van der Waals surface area contributed by atoms with Gasteiger partial charge in [0.1, 0.15) is 16.5 Å². The predicted octanol–water partition coefficient (Wildman–Crippen LogP) is 1.98. The highest BCUT2D eigenvalue weighted by molar-refractivity contribution is 7.90. The van der Waals surface area contributed by atoms with E-state index in [-0.39, 0.29) is 10.6 Å². The fourth-order valence-electron chi connectivity index (χ4n) is 2.29. The summed E-state index contributed by atoms with van der Waals surface area (Å²) in [5.41, 5.74) is 1.43. The molecule has 0 saturated carbocycles. The van der Waals surface area contributed by atoms with Crippen molar-refractivity contribution < 1.29 is 17.9 Å². The van der Waals surface area contributed by atoms with Crippen molar-refractivity contribution in [3.63, 3.8) is 0 Å². The van der Waals surface area contributed by atoms with Crippen LogP contribution in [-0.4, -0.2) is 36.2 Å². The van der Waals surface area contributed by atoms with Crippen LogP contribution in [0.3, 0.4) is 0 Å². The highest BCUT2D eigenvalue weighted by atomic mass is 32.2. The number of benzene rings is 1. The van der Waals surface area contributed by atoms with E-state index in [2.05, 4.69) is 10.1 Å². The fourth-order valence-corrected chi connectivity index (χ4v) is 4.11. The maximum atomic E-state index is 12.4. The van der Waals surface area contributed by atoms with Crippen molar-refractivity contribution in [2.75, 3.05) is 7.11 Å². The number of methoxy groups -OCH3 is 1. The minimum Gasteiger partial charge on any atom is -0.496 e. The summed E-state index contributed by atoms with van der Waals surface area (Å²) in [6.07, 6.45) is 3.38. The fraction of sp³-hybridized carbons (Fsp3) is 0.188. The van der Waals surface area contributed by atoms with E-state index in [0.717, 1.165) is 5.56 Å². The molecule has 1 N–H and O–H groups in total. The lowest BCUT2D eigenvalue weighted by atomic mass is 10.2. The Kier molecular flexibility index (Phi) is 4.79. The lowest BCUT2D eigenvalue weighted by molar-refractivity contribution is 0.0977. The van der Waals surface area contributed by atoms with E-state index < -0.39 is 15.9 Å². The lowest BCUT2D eigenvalue weighted by Crippen LogP contribution is -2.30. The van der Waals surface area contributed by atoms with E-state index in [1.54, 1.807) is 31.0 Å². The Labute approximate surface area is 154 Å². The zero-order valence-corrected chi connectivity index (χ0v) is 15.9. The molecule has 3 rings (SSSR count). The molecule has 2 aromatic heterocycles. The molecule has 0 aliphatic heterocycles. The quantitative estimate of drug-likeness (QED) is 0.712. The number of amides is 1. The first kappa shape index (κ1) is 18.1. The highest BCUT2D eigenvalue weighted by Gasteiger charge is 2.21. The minimum atomic E-state index is -4.01. The summed E-state index contributed by atoms with van der Waals surface area (Å²) >= 11 is 1.24. The second-order valence-electron chi connectivity index (χ2n) is 5.51. The zero-order chi connectivity index (χ0) is 18.9. The summed E-state index contributed by atoms with van der Waals surface area (Å²) in [6, 6.07) is 4.36. The van der Waals surface area contributed by atoms with Crippen LogP contribution in [-0.2, 0) is 17.1 Å². The van der Waals surface area contributed by atoms with Crippen LogP contribution in [0.25, 0.3) is 10.6 Å². The summed E-state index contributed by atoms with van der Waals surface area (Å²) in [5.74, 6) is -0.222. The van der Waals surface area contributed by atoms with Gasteiger partial charge in [-0.05, 0) is 30.7 Å². The second kappa shape index (κ2) is 6.89. The monoisotopic (exact) mass is 392 g/mol. The van der Waals surface area contributed by atoms with E-state index in [4.69, 9.17) is 4.74 Å². The van der Waals surface area contributed by atoms with Crippen LogP contribution in [0, 0.1) is 6.92 Å². The lowest BCUT2D eigenvalue weighted by Gasteiger charge is -2.09. The van der Waals surface area contributed by atoms with Gasteiger partial charge in [0.15, 0.2) is 0 Å². The first-order chi connectivity index (χ1) is 12.3. The molecule has 0 atom stereocenters. The Morgan fingerprint density at radius 3 is 2.73 bits per heavy atom. The predicted molar refractivity (Wildman–Crippen MR) is 96.7 cm³/mol. The first-order valence-corrected chi connectivity index (χ1v) is 9.83. The van der Waals surface area contributed by atoms with Gasteiger partial charge in [-0.3, -0.25) is 9.48 Å². The van der Waals surface area contributed by atoms with Crippen LogP contribution < -0.4 is 9.46 Å². The molecule has 2 heterocycles. The molecule has 3 aromatic rings. The van der Waals surface area contributed by atoms with Crippen LogP contribution in [0.5, 0.6) is 5.75 Å². The highest BCUT2D eigenvalue weighted by Crippen LogP contribution is 2.24. The average molecular weight is 392 g/mol. The van der Waals surface area contributed by atoms with Crippen molar-refractivity contribution in [3.8, 4) is 16.3 Å². The van der Waals surface area contributed by atoms with Gasteiger partial charge in [-0.2, -0.15) is 5.10 Å². The molecule has 0 bridgehead atoms. The molecule has 10 heteroatoms. The molecule has 26 heavy (non-hydrogen) atoms. The van der Waals surface area contributed by atoms with Crippen LogP contribution in [0.15, 0.2) is 40.9 Å². The molecule has 0 radical (unpaired) electrons. The molecule has 1 aromatic carbocycles. The third-order valence-corrected chi connectivity index (χ3v) is 5.81. The van der Waals surface area contributed by atoms with E-state index in [9.17, 15) is 13.2 Å². The number of hydrogen-bond donors (Lipinski definition) is 1. The average Bonchev–Trinajstić information content (AvgIpc) is 3.23. The summed E-state index contributed by atoms with van der Waals surface area (Å²) in [5, 5.41) is 6.14. The first-order valence-electron chi connectivity index (χ1n) is 7.46.